The number of hydrogen-bond donors (Lipinski definition) is 1. The van der Waals surface area contributed by atoms with Crippen LogP contribution < -0.4 is 10.6 Å². The largest absolute Gasteiger partial charge is 0.481 e. The van der Waals surface area contributed by atoms with Gasteiger partial charge in [0.15, 0.2) is 5.65 Å². The number of carboxylic acid groups (broad SMARTS) is 1. The van der Waals surface area contributed by atoms with Crippen molar-refractivity contribution in [2.45, 2.75) is 32.2 Å². The van der Waals surface area contributed by atoms with Gasteiger partial charge in [0.2, 0.25) is 5.95 Å². The molecule has 1 fully saturated rings. The maximum Gasteiger partial charge on any atom is 0.330 e. The number of carbonyl (C=O) groups is 1. The highest BCUT2D eigenvalue weighted by molar-refractivity contribution is 5.72. The molecular formula is C18H27N5O4. The van der Waals surface area contributed by atoms with Crippen molar-refractivity contribution in [3.8, 4) is 0 Å². The van der Waals surface area contributed by atoms with Crippen LogP contribution in [0.1, 0.15) is 25.7 Å². The van der Waals surface area contributed by atoms with Crippen LogP contribution in [0.4, 0.5) is 5.95 Å². The fraction of sp³-hybridized carbons (Fsp3) is 0.667. The summed E-state index contributed by atoms with van der Waals surface area (Å²) in [5.74, 6) is -0.136. The third-order valence-corrected chi connectivity index (χ3v) is 5.48. The molecule has 0 aliphatic heterocycles. The van der Waals surface area contributed by atoms with Crippen molar-refractivity contribution in [1.29, 1.82) is 0 Å². The molecule has 27 heavy (non-hydrogen) atoms. The number of fused-ring (bicyclic) bond motifs is 1. The van der Waals surface area contributed by atoms with Crippen molar-refractivity contribution < 1.29 is 14.6 Å². The van der Waals surface area contributed by atoms with Gasteiger partial charge < -0.3 is 14.7 Å². The molecule has 0 atom stereocenters. The van der Waals surface area contributed by atoms with Crippen LogP contribution in [0.2, 0.25) is 0 Å². The van der Waals surface area contributed by atoms with E-state index in [1.165, 1.54) is 0 Å². The Morgan fingerprint density at radius 3 is 2.70 bits per heavy atom. The first-order chi connectivity index (χ1) is 12.9. The van der Waals surface area contributed by atoms with Crippen LogP contribution in [0.25, 0.3) is 11.2 Å². The second-order valence-electron chi connectivity index (χ2n) is 7.30. The zero-order chi connectivity index (χ0) is 19.6. The number of rotatable bonds is 7. The molecule has 0 amide bonds. The zero-order valence-electron chi connectivity index (χ0n) is 16.1. The Balaban J connectivity index is 1.85. The van der Waals surface area contributed by atoms with Gasteiger partial charge in [-0.3, -0.25) is 13.9 Å². The minimum Gasteiger partial charge on any atom is -0.481 e. The standard InChI is InChI=1S/C18H27N5O4/c1-21(8-9-27-3)17-19-10-14-15(20-17)23(18(26)22(14)2)11-12-4-6-13(7-5-12)16(24)25/h10,12-13H,4-9,11H2,1-3H3,(H,24,25). The number of anilines is 1. The monoisotopic (exact) mass is 377 g/mol. The smallest absolute Gasteiger partial charge is 0.330 e. The Labute approximate surface area is 157 Å². The highest BCUT2D eigenvalue weighted by Crippen LogP contribution is 2.30. The van der Waals surface area contributed by atoms with Crippen LogP contribution in [0.15, 0.2) is 11.0 Å². The predicted molar refractivity (Wildman–Crippen MR) is 101 cm³/mol. The van der Waals surface area contributed by atoms with Gasteiger partial charge >= 0.3 is 11.7 Å². The minimum atomic E-state index is -0.716. The normalized spacial score (nSPS) is 20.1. The summed E-state index contributed by atoms with van der Waals surface area (Å²) in [6.07, 6.45) is 4.64. The van der Waals surface area contributed by atoms with Gasteiger partial charge in [0.05, 0.1) is 18.7 Å². The molecule has 1 aliphatic carbocycles. The van der Waals surface area contributed by atoms with Crippen LogP contribution >= 0.6 is 0 Å². The van der Waals surface area contributed by atoms with Gasteiger partial charge in [-0.05, 0) is 31.6 Å². The Kier molecular flexibility index (Phi) is 5.79. The van der Waals surface area contributed by atoms with Crippen molar-refractivity contribution in [2.75, 3.05) is 32.2 Å². The lowest BCUT2D eigenvalue weighted by atomic mass is 9.82. The van der Waals surface area contributed by atoms with E-state index in [4.69, 9.17) is 9.84 Å². The summed E-state index contributed by atoms with van der Waals surface area (Å²) in [5, 5.41) is 9.16. The Hall–Kier alpha value is -2.42. The number of ether oxygens (including phenoxy) is 1. The molecular weight excluding hydrogens is 350 g/mol. The SMILES string of the molecule is COCCN(C)c1ncc2c(n1)n(CC1CCC(C(=O)O)CC1)c(=O)n2C. The van der Waals surface area contributed by atoms with E-state index in [1.54, 1.807) is 29.5 Å². The number of nitrogens with zero attached hydrogens (tertiary/aromatic N) is 5. The molecule has 2 aromatic heterocycles. The molecule has 0 radical (unpaired) electrons. The summed E-state index contributed by atoms with van der Waals surface area (Å²) in [6, 6.07) is 0. The van der Waals surface area contributed by atoms with Crippen molar-refractivity contribution in [2.24, 2.45) is 18.9 Å². The van der Waals surface area contributed by atoms with E-state index in [0.717, 1.165) is 12.8 Å². The number of hydrogen-bond acceptors (Lipinski definition) is 6. The fourth-order valence-electron chi connectivity index (χ4n) is 3.69. The Morgan fingerprint density at radius 2 is 2.07 bits per heavy atom. The van der Waals surface area contributed by atoms with Gasteiger partial charge in [-0.15, -0.1) is 0 Å². The maximum absolute atomic E-state index is 12.7. The van der Waals surface area contributed by atoms with E-state index in [-0.39, 0.29) is 17.5 Å². The summed E-state index contributed by atoms with van der Waals surface area (Å²) in [6.45, 7) is 1.77. The van der Waals surface area contributed by atoms with Gasteiger partial charge in [-0.25, -0.2) is 9.78 Å². The van der Waals surface area contributed by atoms with E-state index in [2.05, 4.69) is 9.97 Å². The summed E-state index contributed by atoms with van der Waals surface area (Å²) in [5.41, 5.74) is 1.21. The topological polar surface area (TPSA) is 102 Å². The zero-order valence-corrected chi connectivity index (χ0v) is 16.1. The van der Waals surface area contributed by atoms with Crippen LogP contribution in [0.3, 0.4) is 0 Å². The number of aromatic nitrogens is 4. The molecule has 0 unspecified atom stereocenters. The van der Waals surface area contributed by atoms with Crippen LogP contribution in [-0.2, 0) is 23.1 Å². The van der Waals surface area contributed by atoms with Crippen molar-refractivity contribution in [1.82, 2.24) is 19.1 Å². The molecule has 2 heterocycles. The second kappa shape index (κ2) is 8.08. The van der Waals surface area contributed by atoms with E-state index < -0.39 is 5.97 Å². The van der Waals surface area contributed by atoms with Crippen LogP contribution in [0.5, 0.6) is 0 Å². The molecule has 9 heteroatoms. The van der Waals surface area contributed by atoms with Gasteiger partial charge in [0.25, 0.3) is 0 Å². The van der Waals surface area contributed by atoms with Gasteiger partial charge in [-0.2, -0.15) is 4.98 Å². The van der Waals surface area contributed by atoms with Crippen molar-refractivity contribution in [3.63, 3.8) is 0 Å². The molecule has 148 valence electrons. The highest BCUT2D eigenvalue weighted by Gasteiger charge is 2.27. The fourth-order valence-corrected chi connectivity index (χ4v) is 3.69. The number of imidazole rings is 1. The van der Waals surface area contributed by atoms with Gasteiger partial charge in [0, 0.05) is 34.3 Å². The number of methoxy groups -OCH3 is 1. The lowest BCUT2D eigenvalue weighted by molar-refractivity contribution is -0.143. The summed E-state index contributed by atoms with van der Waals surface area (Å²) < 4.78 is 8.37. The van der Waals surface area contributed by atoms with E-state index >= 15 is 0 Å². The van der Waals surface area contributed by atoms with Crippen molar-refractivity contribution >= 4 is 23.1 Å². The number of likely N-dealkylation sites (N-methyl/N-ethyl adjacent to an activating group) is 1. The molecule has 2 aromatic rings. The average molecular weight is 377 g/mol. The van der Waals surface area contributed by atoms with Crippen LogP contribution in [0, 0.1) is 11.8 Å². The Morgan fingerprint density at radius 1 is 1.37 bits per heavy atom. The Bertz CT molecular complexity index is 866. The van der Waals surface area contributed by atoms with Crippen LogP contribution in [-0.4, -0.2) is 57.5 Å². The first-order valence-corrected chi connectivity index (χ1v) is 9.27. The van der Waals surface area contributed by atoms with E-state index in [1.807, 2.05) is 11.9 Å². The summed E-state index contributed by atoms with van der Waals surface area (Å²) in [7, 11) is 5.25. The number of aliphatic carboxylic acids is 1. The minimum absolute atomic E-state index is 0.114. The van der Waals surface area contributed by atoms with E-state index in [9.17, 15) is 9.59 Å². The second-order valence-corrected chi connectivity index (χ2v) is 7.30. The molecule has 1 aliphatic rings. The molecule has 1 saturated carbocycles. The molecule has 3 rings (SSSR count). The van der Waals surface area contributed by atoms with Gasteiger partial charge in [-0.1, -0.05) is 0 Å². The quantitative estimate of drug-likeness (QED) is 0.771. The third-order valence-electron chi connectivity index (χ3n) is 5.48. The summed E-state index contributed by atoms with van der Waals surface area (Å²) in [4.78, 5) is 34.7. The summed E-state index contributed by atoms with van der Waals surface area (Å²) >= 11 is 0. The molecule has 0 bridgehead atoms. The molecule has 0 spiro atoms. The average Bonchev–Trinajstić information content (AvgIpc) is 2.91. The third kappa shape index (κ3) is 3.97. The first kappa shape index (κ1) is 19.3. The lowest BCUT2D eigenvalue weighted by Gasteiger charge is -2.26. The van der Waals surface area contributed by atoms with Gasteiger partial charge in [0.1, 0.15) is 5.52 Å². The maximum atomic E-state index is 12.7. The highest BCUT2D eigenvalue weighted by atomic mass is 16.5. The predicted octanol–water partition coefficient (Wildman–Crippen LogP) is 1.10. The molecule has 9 nitrogen and oxygen atoms in total. The number of aryl methyl sites for hydroxylation is 1. The molecule has 0 aromatic carbocycles. The molecule has 0 saturated heterocycles. The van der Waals surface area contributed by atoms with Crippen molar-refractivity contribution in [3.05, 3.63) is 16.7 Å². The first-order valence-electron chi connectivity index (χ1n) is 9.27. The number of carboxylic acids is 1. The van der Waals surface area contributed by atoms with E-state index in [0.29, 0.717) is 49.7 Å². The molecule has 1 N–H and O–H groups in total. The lowest BCUT2D eigenvalue weighted by Crippen LogP contribution is -2.29.